The Kier molecular flexibility index (Phi) is 3.01. The summed E-state index contributed by atoms with van der Waals surface area (Å²) in [6.07, 6.45) is 4.75. The van der Waals surface area contributed by atoms with Gasteiger partial charge in [0.15, 0.2) is 0 Å². The second kappa shape index (κ2) is 4.29. The fourth-order valence-electron chi connectivity index (χ4n) is 2.54. The van der Waals surface area contributed by atoms with Crippen LogP contribution in [-0.4, -0.2) is 18.2 Å². The molecule has 0 atom stereocenters. The van der Waals surface area contributed by atoms with E-state index in [-0.39, 0.29) is 0 Å². The molecule has 88 valence electrons. The lowest BCUT2D eigenvalue weighted by atomic mass is 9.82. The monoisotopic (exact) mass is 224 g/mol. The Morgan fingerprint density at radius 2 is 2.25 bits per heavy atom. The molecule has 1 heterocycles. The Morgan fingerprint density at radius 1 is 1.56 bits per heavy atom. The van der Waals surface area contributed by atoms with Gasteiger partial charge in [-0.3, -0.25) is 4.79 Å². The average Bonchev–Trinajstić information content (AvgIpc) is 2.85. The molecule has 0 amide bonds. The first-order chi connectivity index (χ1) is 7.70. The van der Waals surface area contributed by atoms with Crippen LogP contribution in [0.1, 0.15) is 37.0 Å². The number of ether oxygens (including phenoxy) is 1. The first-order valence-electron chi connectivity index (χ1n) is 5.50. The van der Waals surface area contributed by atoms with Crippen LogP contribution >= 0.6 is 0 Å². The number of carboxylic acids is 1. The topological polar surface area (TPSA) is 59.7 Å². The molecule has 0 saturated heterocycles. The molecule has 1 aliphatic carbocycles. The SMILES string of the molecule is COCc1ccoc1C1(C(=O)O)CCCC1. The van der Waals surface area contributed by atoms with E-state index in [1.807, 2.05) is 0 Å². The molecule has 0 bridgehead atoms. The number of carbonyl (C=O) groups is 1. The second-order valence-corrected chi connectivity index (χ2v) is 4.30. The third kappa shape index (κ3) is 1.63. The van der Waals surface area contributed by atoms with Crippen molar-refractivity contribution in [2.75, 3.05) is 7.11 Å². The average molecular weight is 224 g/mol. The third-order valence-corrected chi connectivity index (χ3v) is 3.35. The van der Waals surface area contributed by atoms with Gasteiger partial charge in [0.2, 0.25) is 0 Å². The second-order valence-electron chi connectivity index (χ2n) is 4.30. The summed E-state index contributed by atoms with van der Waals surface area (Å²) in [5, 5.41) is 9.43. The minimum Gasteiger partial charge on any atom is -0.480 e. The number of hydrogen-bond donors (Lipinski definition) is 1. The lowest BCUT2D eigenvalue weighted by Crippen LogP contribution is -2.33. The van der Waals surface area contributed by atoms with Crippen LogP contribution in [0.4, 0.5) is 0 Å². The normalized spacial score (nSPS) is 18.8. The Bertz CT molecular complexity index is 374. The van der Waals surface area contributed by atoms with Crippen LogP contribution in [-0.2, 0) is 21.6 Å². The van der Waals surface area contributed by atoms with Crippen molar-refractivity contribution in [3.8, 4) is 0 Å². The van der Waals surface area contributed by atoms with Crippen molar-refractivity contribution >= 4 is 5.97 Å². The number of rotatable bonds is 4. The fourth-order valence-corrected chi connectivity index (χ4v) is 2.54. The number of aliphatic carboxylic acids is 1. The van der Waals surface area contributed by atoms with Gasteiger partial charge in [-0.2, -0.15) is 0 Å². The summed E-state index contributed by atoms with van der Waals surface area (Å²) in [4.78, 5) is 11.5. The van der Waals surface area contributed by atoms with Crippen LogP contribution in [0.3, 0.4) is 0 Å². The summed E-state index contributed by atoms with van der Waals surface area (Å²) in [5.41, 5.74) is 0.0315. The third-order valence-electron chi connectivity index (χ3n) is 3.35. The highest BCUT2D eigenvalue weighted by Gasteiger charge is 2.46. The molecule has 4 nitrogen and oxygen atoms in total. The Hall–Kier alpha value is -1.29. The van der Waals surface area contributed by atoms with Gasteiger partial charge in [0.05, 0.1) is 12.9 Å². The van der Waals surface area contributed by atoms with E-state index in [0.717, 1.165) is 18.4 Å². The van der Waals surface area contributed by atoms with Crippen molar-refractivity contribution < 1.29 is 19.1 Å². The number of hydrogen-bond acceptors (Lipinski definition) is 3. The van der Waals surface area contributed by atoms with E-state index in [1.165, 1.54) is 0 Å². The standard InChI is InChI=1S/C12H16O4/c1-15-8-9-4-7-16-10(9)12(11(13)14)5-2-3-6-12/h4,7H,2-3,5-6,8H2,1H3,(H,13,14). The molecule has 1 aliphatic rings. The molecule has 16 heavy (non-hydrogen) atoms. The summed E-state index contributed by atoms with van der Waals surface area (Å²) in [6.45, 7) is 0.404. The van der Waals surface area contributed by atoms with E-state index < -0.39 is 11.4 Å². The van der Waals surface area contributed by atoms with E-state index >= 15 is 0 Å². The maximum absolute atomic E-state index is 11.5. The van der Waals surface area contributed by atoms with Crippen molar-refractivity contribution in [1.82, 2.24) is 0 Å². The van der Waals surface area contributed by atoms with Gasteiger partial charge in [0.25, 0.3) is 0 Å². The van der Waals surface area contributed by atoms with E-state index in [2.05, 4.69) is 0 Å². The Labute approximate surface area is 94.2 Å². The molecule has 0 radical (unpaired) electrons. The smallest absolute Gasteiger partial charge is 0.317 e. The zero-order valence-electron chi connectivity index (χ0n) is 9.36. The van der Waals surface area contributed by atoms with E-state index in [1.54, 1.807) is 19.4 Å². The summed E-state index contributed by atoms with van der Waals surface area (Å²) in [6, 6.07) is 1.79. The maximum Gasteiger partial charge on any atom is 0.317 e. The van der Waals surface area contributed by atoms with Crippen molar-refractivity contribution in [2.24, 2.45) is 0 Å². The van der Waals surface area contributed by atoms with Crippen molar-refractivity contribution in [2.45, 2.75) is 37.7 Å². The van der Waals surface area contributed by atoms with Gasteiger partial charge in [-0.1, -0.05) is 12.8 Å². The zero-order valence-corrected chi connectivity index (χ0v) is 9.36. The maximum atomic E-state index is 11.5. The van der Waals surface area contributed by atoms with Gasteiger partial charge in [-0.05, 0) is 18.9 Å². The van der Waals surface area contributed by atoms with Gasteiger partial charge < -0.3 is 14.3 Å². The predicted molar refractivity (Wildman–Crippen MR) is 57.2 cm³/mol. The van der Waals surface area contributed by atoms with Gasteiger partial charge in [0, 0.05) is 12.7 Å². The minimum absolute atomic E-state index is 0.404. The lowest BCUT2D eigenvalue weighted by molar-refractivity contribution is -0.144. The van der Waals surface area contributed by atoms with E-state index in [0.29, 0.717) is 25.2 Å². The molecular weight excluding hydrogens is 208 g/mol. The molecule has 0 aromatic carbocycles. The summed E-state index contributed by atoms with van der Waals surface area (Å²) in [7, 11) is 1.60. The molecule has 1 saturated carbocycles. The lowest BCUT2D eigenvalue weighted by Gasteiger charge is -2.22. The molecule has 1 N–H and O–H groups in total. The molecule has 1 fully saturated rings. The molecule has 0 spiro atoms. The number of furan rings is 1. The van der Waals surface area contributed by atoms with Gasteiger partial charge in [0.1, 0.15) is 11.2 Å². The molecule has 0 aliphatic heterocycles. The Morgan fingerprint density at radius 3 is 2.81 bits per heavy atom. The van der Waals surface area contributed by atoms with Crippen LogP contribution in [0.2, 0.25) is 0 Å². The highest BCUT2D eigenvalue weighted by molar-refractivity contribution is 5.81. The van der Waals surface area contributed by atoms with Crippen LogP contribution in [0.25, 0.3) is 0 Å². The Balaban J connectivity index is 2.39. The first kappa shape index (κ1) is 11.2. The first-order valence-corrected chi connectivity index (χ1v) is 5.50. The number of methoxy groups -OCH3 is 1. The summed E-state index contributed by atoms with van der Waals surface area (Å²) >= 11 is 0. The van der Waals surface area contributed by atoms with Crippen LogP contribution in [0.15, 0.2) is 16.7 Å². The van der Waals surface area contributed by atoms with Crippen LogP contribution in [0, 0.1) is 0 Å². The molecule has 0 unspecified atom stereocenters. The molecular formula is C12H16O4. The summed E-state index contributed by atoms with van der Waals surface area (Å²) < 4.78 is 10.5. The van der Waals surface area contributed by atoms with Gasteiger partial charge in [-0.25, -0.2) is 0 Å². The van der Waals surface area contributed by atoms with Gasteiger partial charge >= 0.3 is 5.97 Å². The minimum atomic E-state index is -0.822. The fraction of sp³-hybridized carbons (Fsp3) is 0.583. The van der Waals surface area contributed by atoms with Crippen molar-refractivity contribution in [1.29, 1.82) is 0 Å². The van der Waals surface area contributed by atoms with E-state index in [9.17, 15) is 9.90 Å². The zero-order chi connectivity index (χ0) is 11.6. The van der Waals surface area contributed by atoms with Gasteiger partial charge in [-0.15, -0.1) is 0 Å². The van der Waals surface area contributed by atoms with Crippen molar-refractivity contribution in [3.05, 3.63) is 23.7 Å². The summed E-state index contributed by atoms with van der Waals surface area (Å²) in [5.74, 6) is -0.198. The highest BCUT2D eigenvalue weighted by atomic mass is 16.5. The molecule has 1 aromatic heterocycles. The quantitative estimate of drug-likeness (QED) is 0.852. The highest BCUT2D eigenvalue weighted by Crippen LogP contribution is 2.43. The van der Waals surface area contributed by atoms with Crippen LogP contribution < -0.4 is 0 Å². The number of carboxylic acid groups (broad SMARTS) is 1. The molecule has 4 heteroatoms. The molecule has 2 rings (SSSR count). The van der Waals surface area contributed by atoms with Crippen molar-refractivity contribution in [3.63, 3.8) is 0 Å². The van der Waals surface area contributed by atoms with E-state index in [4.69, 9.17) is 9.15 Å². The molecule has 1 aromatic rings. The van der Waals surface area contributed by atoms with Crippen LogP contribution in [0.5, 0.6) is 0 Å². The largest absolute Gasteiger partial charge is 0.480 e. The predicted octanol–water partition coefficient (Wildman–Crippen LogP) is 2.32.